The van der Waals surface area contributed by atoms with Crippen LogP contribution >= 0.6 is 15.9 Å². The summed E-state index contributed by atoms with van der Waals surface area (Å²) in [5.41, 5.74) is 0. The highest BCUT2D eigenvalue weighted by Gasteiger charge is 2.28. The maximum Gasteiger partial charge on any atom is 0.245 e. The van der Waals surface area contributed by atoms with Gasteiger partial charge in [-0.25, -0.2) is 17.2 Å². The highest BCUT2D eigenvalue weighted by Crippen LogP contribution is 2.26. The highest BCUT2D eigenvalue weighted by molar-refractivity contribution is 9.10. The molecule has 1 aromatic rings. The van der Waals surface area contributed by atoms with E-state index < -0.39 is 38.5 Å². The van der Waals surface area contributed by atoms with E-state index in [4.69, 9.17) is 0 Å². The van der Waals surface area contributed by atoms with Crippen molar-refractivity contribution in [3.63, 3.8) is 0 Å². The first-order chi connectivity index (χ1) is 9.60. The molecule has 0 aliphatic heterocycles. The van der Waals surface area contributed by atoms with Gasteiger partial charge in [-0.05, 0) is 35.8 Å². The Morgan fingerprint density at radius 2 is 2.00 bits per heavy atom. The van der Waals surface area contributed by atoms with Crippen molar-refractivity contribution in [2.45, 2.75) is 24.8 Å². The van der Waals surface area contributed by atoms with E-state index in [0.29, 0.717) is 12.6 Å². The summed E-state index contributed by atoms with van der Waals surface area (Å²) >= 11 is 2.81. The Kier molecular flexibility index (Phi) is 5.83. The number of rotatable bonds is 5. The molecular formula is C12H15BrF2N2O3S. The van der Waals surface area contributed by atoms with Gasteiger partial charge in [0.15, 0.2) is 0 Å². The van der Waals surface area contributed by atoms with Gasteiger partial charge >= 0.3 is 0 Å². The average molecular weight is 385 g/mol. The van der Waals surface area contributed by atoms with Crippen molar-refractivity contribution in [2.24, 2.45) is 0 Å². The Balaban J connectivity index is 3.11. The number of carbonyl (C=O) groups is 1. The Bertz CT molecular complexity index is 629. The highest BCUT2D eigenvalue weighted by atomic mass is 79.9. The van der Waals surface area contributed by atoms with E-state index in [1.807, 2.05) is 0 Å². The number of hydrogen-bond acceptors (Lipinski definition) is 3. The van der Waals surface area contributed by atoms with Gasteiger partial charge in [-0.15, -0.1) is 0 Å². The molecule has 0 spiro atoms. The van der Waals surface area contributed by atoms with Gasteiger partial charge in [-0.2, -0.15) is 4.72 Å². The topological polar surface area (TPSA) is 66.5 Å². The standard InChI is InChI=1S/C12H15BrF2N2O3S/c1-4-17(3)12(18)7(2)16-21(19,20)11-9(13)5-8(14)6-10(11)15/h5-7,16H,4H2,1-3H3. The fourth-order valence-corrected chi connectivity index (χ4v) is 3.98. The summed E-state index contributed by atoms with van der Waals surface area (Å²) in [4.78, 5) is 12.4. The molecule has 0 aliphatic rings. The van der Waals surface area contributed by atoms with Crippen LogP contribution in [0.5, 0.6) is 0 Å². The molecule has 1 atom stereocenters. The third kappa shape index (κ3) is 4.21. The van der Waals surface area contributed by atoms with E-state index in [1.54, 1.807) is 6.92 Å². The lowest BCUT2D eigenvalue weighted by atomic mass is 10.3. The molecule has 1 unspecified atom stereocenters. The third-order valence-corrected chi connectivity index (χ3v) is 5.29. The average Bonchev–Trinajstić information content (AvgIpc) is 2.34. The number of hydrogen-bond donors (Lipinski definition) is 1. The SMILES string of the molecule is CCN(C)C(=O)C(C)NS(=O)(=O)c1c(F)cc(F)cc1Br. The molecule has 0 aliphatic carbocycles. The van der Waals surface area contributed by atoms with Gasteiger partial charge in [0.25, 0.3) is 0 Å². The number of benzene rings is 1. The molecule has 5 nitrogen and oxygen atoms in total. The van der Waals surface area contributed by atoms with Crippen LogP contribution in [0.4, 0.5) is 8.78 Å². The van der Waals surface area contributed by atoms with E-state index in [0.717, 1.165) is 6.07 Å². The fourth-order valence-electron chi connectivity index (χ4n) is 1.61. The van der Waals surface area contributed by atoms with Crippen molar-refractivity contribution < 1.29 is 22.0 Å². The lowest BCUT2D eigenvalue weighted by Gasteiger charge is -2.20. The minimum atomic E-state index is -4.31. The van der Waals surface area contributed by atoms with Gasteiger partial charge in [0, 0.05) is 24.1 Å². The molecule has 0 radical (unpaired) electrons. The van der Waals surface area contributed by atoms with E-state index in [1.165, 1.54) is 18.9 Å². The van der Waals surface area contributed by atoms with Crippen LogP contribution in [-0.4, -0.2) is 38.9 Å². The summed E-state index contributed by atoms with van der Waals surface area (Å²) in [6.07, 6.45) is 0. The number of nitrogens with one attached hydrogen (secondary N) is 1. The second-order valence-corrected chi connectivity index (χ2v) is 6.90. The summed E-state index contributed by atoms with van der Waals surface area (Å²) in [7, 11) is -2.80. The molecule has 21 heavy (non-hydrogen) atoms. The number of halogens is 3. The largest absolute Gasteiger partial charge is 0.345 e. The molecule has 9 heteroatoms. The van der Waals surface area contributed by atoms with Gasteiger partial charge in [-0.1, -0.05) is 0 Å². The first kappa shape index (κ1) is 18.0. The fraction of sp³-hybridized carbons (Fsp3) is 0.417. The zero-order valence-electron chi connectivity index (χ0n) is 11.7. The van der Waals surface area contributed by atoms with E-state index >= 15 is 0 Å². The van der Waals surface area contributed by atoms with Crippen LogP contribution in [0.25, 0.3) is 0 Å². The second kappa shape index (κ2) is 6.80. The predicted octanol–water partition coefficient (Wildman–Crippen LogP) is 1.87. The van der Waals surface area contributed by atoms with Gasteiger partial charge in [0.2, 0.25) is 15.9 Å². The molecule has 0 bridgehead atoms. The first-order valence-corrected chi connectivity index (χ1v) is 8.29. The molecule has 0 saturated heterocycles. The summed E-state index contributed by atoms with van der Waals surface area (Å²) < 4.78 is 52.8. The molecule has 1 N–H and O–H groups in total. The van der Waals surface area contributed by atoms with Crippen molar-refractivity contribution in [3.8, 4) is 0 Å². The van der Waals surface area contributed by atoms with E-state index in [-0.39, 0.29) is 4.47 Å². The van der Waals surface area contributed by atoms with Gasteiger partial charge in [0.1, 0.15) is 16.5 Å². The van der Waals surface area contributed by atoms with Gasteiger partial charge in [0.05, 0.1) is 6.04 Å². The van der Waals surface area contributed by atoms with E-state index in [9.17, 15) is 22.0 Å². The number of nitrogens with zero attached hydrogens (tertiary/aromatic N) is 1. The molecule has 1 aromatic carbocycles. The minimum Gasteiger partial charge on any atom is -0.345 e. The monoisotopic (exact) mass is 384 g/mol. The first-order valence-electron chi connectivity index (χ1n) is 6.02. The summed E-state index contributed by atoms with van der Waals surface area (Å²) in [5, 5.41) is 0. The van der Waals surface area contributed by atoms with E-state index in [2.05, 4.69) is 20.7 Å². The Morgan fingerprint density at radius 3 is 2.48 bits per heavy atom. The molecule has 1 amide bonds. The molecule has 118 valence electrons. The summed E-state index contributed by atoms with van der Waals surface area (Å²) in [6.45, 7) is 3.48. The molecular weight excluding hydrogens is 370 g/mol. The lowest BCUT2D eigenvalue weighted by Crippen LogP contribution is -2.45. The van der Waals surface area contributed by atoms with Crippen LogP contribution in [0.2, 0.25) is 0 Å². The Labute approximate surface area is 130 Å². The van der Waals surface area contributed by atoms with Crippen LogP contribution < -0.4 is 4.72 Å². The Morgan fingerprint density at radius 1 is 1.43 bits per heavy atom. The number of sulfonamides is 1. The smallest absolute Gasteiger partial charge is 0.245 e. The van der Waals surface area contributed by atoms with Crippen LogP contribution in [0.15, 0.2) is 21.5 Å². The maximum atomic E-state index is 13.7. The zero-order valence-corrected chi connectivity index (χ0v) is 14.1. The molecule has 0 aromatic heterocycles. The molecule has 0 fully saturated rings. The zero-order chi connectivity index (χ0) is 16.4. The van der Waals surface area contributed by atoms with Crippen LogP contribution in [-0.2, 0) is 14.8 Å². The van der Waals surface area contributed by atoms with Gasteiger partial charge in [-0.3, -0.25) is 4.79 Å². The molecule has 0 heterocycles. The van der Waals surface area contributed by atoms with Crippen molar-refractivity contribution in [3.05, 3.63) is 28.2 Å². The predicted molar refractivity (Wildman–Crippen MR) is 77.2 cm³/mol. The molecule has 1 rings (SSSR count). The Hall–Kier alpha value is -1.06. The van der Waals surface area contributed by atoms with Crippen molar-refractivity contribution in [1.29, 1.82) is 0 Å². The number of carbonyl (C=O) groups excluding carboxylic acids is 1. The normalized spacial score (nSPS) is 13.0. The number of amides is 1. The molecule has 0 saturated carbocycles. The third-order valence-electron chi connectivity index (χ3n) is 2.78. The quantitative estimate of drug-likeness (QED) is 0.842. The maximum absolute atomic E-state index is 13.7. The van der Waals surface area contributed by atoms with Crippen LogP contribution in [0, 0.1) is 11.6 Å². The number of likely N-dealkylation sites (N-methyl/N-ethyl adjacent to an activating group) is 1. The van der Waals surface area contributed by atoms with Crippen molar-refractivity contribution in [1.82, 2.24) is 9.62 Å². The second-order valence-electron chi connectivity index (χ2n) is 4.39. The lowest BCUT2D eigenvalue weighted by molar-refractivity contribution is -0.131. The van der Waals surface area contributed by atoms with Crippen molar-refractivity contribution >= 4 is 31.9 Å². The summed E-state index contributed by atoms with van der Waals surface area (Å²) in [5.74, 6) is -2.61. The van der Waals surface area contributed by atoms with Crippen LogP contribution in [0.1, 0.15) is 13.8 Å². The summed E-state index contributed by atoms with van der Waals surface area (Å²) in [6, 6.07) is 0.225. The van der Waals surface area contributed by atoms with Crippen molar-refractivity contribution in [2.75, 3.05) is 13.6 Å². The van der Waals surface area contributed by atoms with Crippen LogP contribution in [0.3, 0.4) is 0 Å². The van der Waals surface area contributed by atoms with Gasteiger partial charge < -0.3 is 4.90 Å². The minimum absolute atomic E-state index is 0.254.